The van der Waals surface area contributed by atoms with Gasteiger partial charge in [-0.05, 0) is 58.6 Å². The van der Waals surface area contributed by atoms with E-state index in [0.717, 1.165) is 32.1 Å². The average molecular weight is 515 g/mol. The number of benzene rings is 1. The maximum absolute atomic E-state index is 13.6. The van der Waals surface area contributed by atoms with Crippen LogP contribution < -0.4 is 4.72 Å². The van der Waals surface area contributed by atoms with Gasteiger partial charge in [0.05, 0.1) is 26.8 Å². The molecular weight excluding hydrogens is 476 g/mol. The molecular formula is C24H38N2O6S2. The Morgan fingerprint density at radius 3 is 2.29 bits per heavy atom. The highest BCUT2D eigenvalue weighted by Gasteiger charge is 2.38. The standard InChI is InChI=1S/C24H38N2O6S2/c1-6-31-23(27)22(26-34(29,30)32-24(2,3)4)21(19-13-9-7-10-14-19)17-18-33(28,25-5)20-15-11-8-12-16-20/h8,11-12,15-19,21-22,26H,6-7,9-10,13-14H2,1-5H3/b18-17+/t21-,22-,33?/m0/s1. The molecule has 192 valence electrons. The molecule has 0 spiro atoms. The lowest BCUT2D eigenvalue weighted by molar-refractivity contribution is -0.146. The van der Waals surface area contributed by atoms with E-state index in [9.17, 15) is 17.4 Å². The van der Waals surface area contributed by atoms with Gasteiger partial charge in [0, 0.05) is 18.4 Å². The number of hydrogen-bond donors (Lipinski definition) is 1. The van der Waals surface area contributed by atoms with Crippen molar-refractivity contribution in [3.05, 3.63) is 41.8 Å². The molecule has 1 aliphatic rings. The van der Waals surface area contributed by atoms with Crippen LogP contribution in [0.3, 0.4) is 0 Å². The summed E-state index contributed by atoms with van der Waals surface area (Å²) in [5, 5.41) is 1.51. The molecule has 2 rings (SSSR count). The fourth-order valence-electron chi connectivity index (χ4n) is 4.14. The molecule has 0 heterocycles. The van der Waals surface area contributed by atoms with Gasteiger partial charge in [0.15, 0.2) is 0 Å². The number of carbonyl (C=O) groups is 1. The predicted molar refractivity (Wildman–Crippen MR) is 134 cm³/mol. The van der Waals surface area contributed by atoms with Crippen LogP contribution in [0, 0.1) is 11.8 Å². The Balaban J connectivity index is 2.51. The van der Waals surface area contributed by atoms with Crippen molar-refractivity contribution in [2.75, 3.05) is 13.7 Å². The minimum atomic E-state index is -4.28. The van der Waals surface area contributed by atoms with E-state index in [1.807, 2.05) is 6.07 Å². The first-order valence-corrected chi connectivity index (χ1v) is 14.7. The summed E-state index contributed by atoms with van der Waals surface area (Å²) in [6, 6.07) is 7.64. The van der Waals surface area contributed by atoms with Crippen LogP contribution in [-0.4, -0.2) is 43.9 Å². The van der Waals surface area contributed by atoms with Crippen LogP contribution in [0.4, 0.5) is 0 Å². The summed E-state index contributed by atoms with van der Waals surface area (Å²) < 4.78 is 56.2. The molecule has 0 aliphatic heterocycles. The summed E-state index contributed by atoms with van der Waals surface area (Å²) >= 11 is 0. The molecule has 10 heteroatoms. The van der Waals surface area contributed by atoms with E-state index in [1.54, 1.807) is 58.0 Å². The first-order valence-electron chi connectivity index (χ1n) is 11.7. The fraction of sp³-hybridized carbons (Fsp3) is 0.625. The molecule has 1 unspecified atom stereocenters. The quantitative estimate of drug-likeness (QED) is 0.462. The SMILES string of the molecule is CCOC(=O)[C@@H](NS(=O)(=O)OC(C)(C)C)[C@@H](/C=C/S(=O)(=NC)c1ccccc1)C1CCCCC1. The van der Waals surface area contributed by atoms with Crippen LogP contribution in [0.1, 0.15) is 59.8 Å². The summed E-state index contributed by atoms with van der Waals surface area (Å²) in [6.45, 7) is 6.60. The van der Waals surface area contributed by atoms with Gasteiger partial charge >= 0.3 is 16.3 Å². The molecule has 1 saturated carbocycles. The Kier molecular flexibility index (Phi) is 10.3. The van der Waals surface area contributed by atoms with Crippen LogP contribution in [0.5, 0.6) is 0 Å². The molecule has 1 aliphatic carbocycles. The second-order valence-corrected chi connectivity index (χ2v) is 12.9. The summed E-state index contributed by atoms with van der Waals surface area (Å²) in [5.41, 5.74) is -0.982. The fourth-order valence-corrected chi connectivity index (χ4v) is 6.84. The van der Waals surface area contributed by atoms with Crippen molar-refractivity contribution in [2.24, 2.45) is 16.2 Å². The van der Waals surface area contributed by atoms with Gasteiger partial charge in [0.25, 0.3) is 0 Å². The van der Waals surface area contributed by atoms with Gasteiger partial charge in [-0.2, -0.15) is 13.1 Å². The molecule has 0 amide bonds. The molecule has 3 atom stereocenters. The van der Waals surface area contributed by atoms with Crippen LogP contribution in [0.25, 0.3) is 0 Å². The van der Waals surface area contributed by atoms with E-state index in [-0.39, 0.29) is 12.5 Å². The van der Waals surface area contributed by atoms with Crippen molar-refractivity contribution in [1.82, 2.24) is 4.72 Å². The maximum Gasteiger partial charge on any atom is 0.337 e. The third-order valence-electron chi connectivity index (χ3n) is 5.59. The monoisotopic (exact) mass is 514 g/mol. The highest BCUT2D eigenvalue weighted by Crippen LogP contribution is 2.34. The van der Waals surface area contributed by atoms with E-state index >= 15 is 0 Å². The van der Waals surface area contributed by atoms with Crippen LogP contribution >= 0.6 is 0 Å². The second kappa shape index (κ2) is 12.3. The summed E-state index contributed by atoms with van der Waals surface area (Å²) in [5.74, 6) is -1.26. The van der Waals surface area contributed by atoms with Gasteiger partial charge in [-0.1, -0.05) is 43.5 Å². The zero-order chi connectivity index (χ0) is 25.4. The molecule has 1 aromatic rings. The summed E-state index contributed by atoms with van der Waals surface area (Å²) in [4.78, 5) is 13.5. The van der Waals surface area contributed by atoms with Crippen LogP contribution in [0.15, 0.2) is 51.1 Å². The number of hydrogen-bond acceptors (Lipinski definition) is 7. The predicted octanol–water partition coefficient (Wildman–Crippen LogP) is 4.43. The molecule has 8 nitrogen and oxygen atoms in total. The largest absolute Gasteiger partial charge is 0.465 e. The molecule has 1 N–H and O–H groups in total. The first kappa shape index (κ1) is 28.5. The Morgan fingerprint density at radius 1 is 1.15 bits per heavy atom. The second-order valence-electron chi connectivity index (χ2n) is 9.37. The molecule has 0 saturated heterocycles. The van der Waals surface area contributed by atoms with Gasteiger partial charge in [-0.25, -0.2) is 8.57 Å². The lowest BCUT2D eigenvalue weighted by atomic mass is 9.77. The Hall–Kier alpha value is -1.75. The molecule has 0 bridgehead atoms. The number of ether oxygens (including phenoxy) is 1. The van der Waals surface area contributed by atoms with Gasteiger partial charge in [-0.15, -0.1) is 0 Å². The van der Waals surface area contributed by atoms with Gasteiger partial charge in [0.1, 0.15) is 6.04 Å². The number of esters is 1. The molecule has 0 radical (unpaired) electrons. The van der Waals surface area contributed by atoms with Crippen molar-refractivity contribution in [2.45, 2.75) is 76.3 Å². The van der Waals surface area contributed by atoms with Gasteiger partial charge < -0.3 is 4.74 Å². The van der Waals surface area contributed by atoms with Crippen LogP contribution in [-0.2, 0) is 33.7 Å². The van der Waals surface area contributed by atoms with E-state index < -0.39 is 43.6 Å². The Bertz CT molecular complexity index is 1050. The highest BCUT2D eigenvalue weighted by atomic mass is 32.2. The van der Waals surface area contributed by atoms with E-state index in [4.69, 9.17) is 8.92 Å². The molecule has 1 aromatic carbocycles. The van der Waals surface area contributed by atoms with Crippen molar-refractivity contribution in [1.29, 1.82) is 0 Å². The summed E-state index contributed by atoms with van der Waals surface area (Å²) in [7, 11) is -5.69. The lowest BCUT2D eigenvalue weighted by Gasteiger charge is -2.33. The molecule has 0 aromatic heterocycles. The number of carbonyl (C=O) groups excluding carboxylic acids is 1. The van der Waals surface area contributed by atoms with Crippen molar-refractivity contribution in [3.8, 4) is 0 Å². The Labute approximate surface area is 204 Å². The first-order chi connectivity index (χ1) is 15.9. The lowest BCUT2D eigenvalue weighted by Crippen LogP contribution is -2.50. The zero-order valence-corrected chi connectivity index (χ0v) is 22.4. The number of nitrogens with one attached hydrogen (secondary N) is 1. The number of nitrogens with zero attached hydrogens (tertiary/aromatic N) is 1. The Morgan fingerprint density at radius 2 is 1.76 bits per heavy atom. The minimum absolute atomic E-state index is 0.00743. The van der Waals surface area contributed by atoms with Crippen molar-refractivity contribution in [3.63, 3.8) is 0 Å². The zero-order valence-electron chi connectivity index (χ0n) is 20.7. The molecule has 1 fully saturated rings. The smallest absolute Gasteiger partial charge is 0.337 e. The average Bonchev–Trinajstić information content (AvgIpc) is 2.78. The number of rotatable bonds is 10. The van der Waals surface area contributed by atoms with E-state index in [2.05, 4.69) is 9.08 Å². The third kappa shape index (κ3) is 8.48. The van der Waals surface area contributed by atoms with Crippen LogP contribution in [0.2, 0.25) is 0 Å². The van der Waals surface area contributed by atoms with Gasteiger partial charge in [0.2, 0.25) is 0 Å². The van der Waals surface area contributed by atoms with Crippen molar-refractivity contribution >= 4 is 26.0 Å². The van der Waals surface area contributed by atoms with Gasteiger partial charge in [-0.3, -0.25) is 8.98 Å². The normalized spacial score (nSPS) is 19.3. The maximum atomic E-state index is 13.6. The van der Waals surface area contributed by atoms with Crippen molar-refractivity contribution < 1.29 is 26.3 Å². The third-order valence-corrected chi connectivity index (χ3v) is 8.87. The summed E-state index contributed by atoms with van der Waals surface area (Å²) in [6.07, 6.45) is 6.36. The van der Waals surface area contributed by atoms with E-state index in [1.165, 1.54) is 12.5 Å². The highest BCUT2D eigenvalue weighted by molar-refractivity contribution is 7.96. The topological polar surface area (TPSA) is 111 Å². The van der Waals surface area contributed by atoms with E-state index in [0.29, 0.717) is 4.90 Å². The molecule has 34 heavy (non-hydrogen) atoms. The minimum Gasteiger partial charge on any atom is -0.465 e.